The van der Waals surface area contributed by atoms with Crippen LogP contribution < -0.4 is 0 Å². The van der Waals surface area contributed by atoms with Gasteiger partial charge in [-0.15, -0.1) is 0 Å². The highest BCUT2D eigenvalue weighted by atomic mass is 16.3. The van der Waals surface area contributed by atoms with Gasteiger partial charge in [-0.2, -0.15) is 0 Å². The van der Waals surface area contributed by atoms with Crippen molar-refractivity contribution in [1.82, 2.24) is 24.5 Å². The SMILES string of the molecule is c1ccc(-c2nc(-c3ccc(-c4cccc5c4oc4ccccc45)cc3)nc(-c3ccc4c(c3)c3cc5c(cc3n4-c3ccccc3)c(-c3ccccc3)nc3ccccc35)n2)cc1. The molecular weight excluding hydrogens is 783 g/mol. The minimum Gasteiger partial charge on any atom is -0.455 e. The molecule has 298 valence electrons. The van der Waals surface area contributed by atoms with Gasteiger partial charge in [-0.25, -0.2) is 19.9 Å². The zero-order valence-electron chi connectivity index (χ0n) is 34.4. The fourth-order valence-electron chi connectivity index (χ4n) is 9.40. The smallest absolute Gasteiger partial charge is 0.164 e. The van der Waals surface area contributed by atoms with Crippen molar-refractivity contribution in [3.05, 3.63) is 212 Å². The van der Waals surface area contributed by atoms with Crippen LogP contribution in [-0.2, 0) is 0 Å². The third kappa shape index (κ3) is 5.81. The molecule has 4 aromatic heterocycles. The van der Waals surface area contributed by atoms with Crippen LogP contribution in [0.3, 0.4) is 0 Å². The number of nitrogens with zero attached hydrogens (tertiary/aromatic N) is 5. The highest BCUT2D eigenvalue weighted by Gasteiger charge is 2.20. The third-order valence-corrected chi connectivity index (χ3v) is 12.4. The first-order valence-corrected chi connectivity index (χ1v) is 21.5. The first-order chi connectivity index (χ1) is 31.7. The summed E-state index contributed by atoms with van der Waals surface area (Å²) < 4.78 is 8.75. The van der Waals surface area contributed by atoms with E-state index in [0.717, 1.165) is 110 Å². The predicted octanol–water partition coefficient (Wildman–Crippen LogP) is 14.9. The molecule has 4 heterocycles. The van der Waals surface area contributed by atoms with Gasteiger partial charge >= 0.3 is 0 Å². The highest BCUT2D eigenvalue weighted by molar-refractivity contribution is 6.20. The number of para-hydroxylation sites is 4. The molecule has 13 aromatic rings. The van der Waals surface area contributed by atoms with Gasteiger partial charge in [0.2, 0.25) is 0 Å². The molecule has 0 unspecified atom stereocenters. The lowest BCUT2D eigenvalue weighted by molar-refractivity contribution is 0.670. The summed E-state index contributed by atoms with van der Waals surface area (Å²) in [5.41, 5.74) is 12.8. The number of benzene rings is 9. The summed E-state index contributed by atoms with van der Waals surface area (Å²) in [4.78, 5) is 20.7. The quantitative estimate of drug-likeness (QED) is 0.156. The van der Waals surface area contributed by atoms with Crippen LogP contribution >= 0.6 is 0 Å². The van der Waals surface area contributed by atoms with Crippen molar-refractivity contribution in [2.75, 3.05) is 0 Å². The molecule has 0 amide bonds. The Kier molecular flexibility index (Phi) is 8.11. The molecule has 0 bridgehead atoms. The molecule has 0 aliphatic carbocycles. The number of hydrogen-bond acceptors (Lipinski definition) is 5. The zero-order valence-corrected chi connectivity index (χ0v) is 34.4. The fourth-order valence-corrected chi connectivity index (χ4v) is 9.40. The van der Waals surface area contributed by atoms with Gasteiger partial charge in [-0.1, -0.05) is 158 Å². The second-order valence-corrected chi connectivity index (χ2v) is 16.2. The van der Waals surface area contributed by atoms with E-state index in [1.54, 1.807) is 0 Å². The number of fused-ring (bicyclic) bond motifs is 9. The Bertz CT molecular complexity index is 3930. The van der Waals surface area contributed by atoms with Crippen LogP contribution in [0.4, 0.5) is 0 Å². The van der Waals surface area contributed by atoms with Crippen LogP contribution in [0.15, 0.2) is 217 Å². The van der Waals surface area contributed by atoms with Gasteiger partial charge in [0.05, 0.1) is 22.2 Å². The third-order valence-electron chi connectivity index (χ3n) is 12.4. The minimum absolute atomic E-state index is 0.600. The number of aromatic nitrogens is 5. The van der Waals surface area contributed by atoms with E-state index in [0.29, 0.717) is 17.5 Å². The molecule has 0 atom stereocenters. The van der Waals surface area contributed by atoms with Crippen LogP contribution in [0, 0.1) is 0 Å². The second-order valence-electron chi connectivity index (χ2n) is 16.2. The van der Waals surface area contributed by atoms with Gasteiger partial charge in [0, 0.05) is 65.8 Å². The maximum absolute atomic E-state index is 6.39. The van der Waals surface area contributed by atoms with E-state index in [9.17, 15) is 0 Å². The van der Waals surface area contributed by atoms with Crippen molar-refractivity contribution >= 4 is 65.4 Å². The summed E-state index contributed by atoms with van der Waals surface area (Å²) in [5, 5.41) is 7.83. The summed E-state index contributed by atoms with van der Waals surface area (Å²) in [6.07, 6.45) is 0. The van der Waals surface area contributed by atoms with Crippen molar-refractivity contribution in [3.63, 3.8) is 0 Å². The van der Waals surface area contributed by atoms with E-state index < -0.39 is 0 Å². The summed E-state index contributed by atoms with van der Waals surface area (Å²) in [6.45, 7) is 0. The number of rotatable bonds is 6. The van der Waals surface area contributed by atoms with E-state index in [1.807, 2.05) is 42.5 Å². The van der Waals surface area contributed by atoms with Gasteiger partial charge in [-0.3, -0.25) is 0 Å². The van der Waals surface area contributed by atoms with E-state index in [4.69, 9.17) is 24.4 Å². The maximum atomic E-state index is 6.39. The summed E-state index contributed by atoms with van der Waals surface area (Å²) in [6, 6.07) is 73.9. The topological polar surface area (TPSA) is 69.6 Å². The largest absolute Gasteiger partial charge is 0.455 e. The monoisotopic (exact) mass is 817 g/mol. The lowest BCUT2D eigenvalue weighted by Crippen LogP contribution is -2.00. The minimum atomic E-state index is 0.600. The standard InChI is InChI=1S/C58H35N5O/c1-4-15-37(16-5-1)54-49-35-52-48(34-46(49)43-21-10-12-25-50(43)59-54)47-33-40(31-32-51(47)63(52)41-19-8-3-9-20-41)58-61-56(38-17-6-2-7-18-38)60-57(62-58)39-29-27-36(28-30-39)42-23-14-24-45-44-22-11-13-26-53(44)64-55(42)45/h1-35H. The van der Waals surface area contributed by atoms with E-state index in [2.05, 4.69) is 174 Å². The van der Waals surface area contributed by atoms with Gasteiger partial charge in [0.15, 0.2) is 17.5 Å². The molecule has 0 saturated carbocycles. The van der Waals surface area contributed by atoms with E-state index in [1.165, 1.54) is 0 Å². The Morgan fingerprint density at radius 1 is 0.328 bits per heavy atom. The highest BCUT2D eigenvalue weighted by Crippen LogP contribution is 2.42. The first-order valence-electron chi connectivity index (χ1n) is 21.5. The molecule has 6 nitrogen and oxygen atoms in total. The molecule has 0 saturated heterocycles. The van der Waals surface area contributed by atoms with Crippen molar-refractivity contribution < 1.29 is 4.42 Å². The molecule has 64 heavy (non-hydrogen) atoms. The fraction of sp³-hybridized carbons (Fsp3) is 0. The first kappa shape index (κ1) is 36.0. The average Bonchev–Trinajstić information content (AvgIpc) is 3.91. The maximum Gasteiger partial charge on any atom is 0.164 e. The molecule has 0 radical (unpaired) electrons. The molecule has 0 aliphatic heterocycles. The molecule has 0 spiro atoms. The lowest BCUT2D eigenvalue weighted by atomic mass is 9.97. The van der Waals surface area contributed by atoms with E-state index in [-0.39, 0.29) is 0 Å². The zero-order chi connectivity index (χ0) is 42.1. The van der Waals surface area contributed by atoms with Crippen molar-refractivity contribution in [3.8, 4) is 62.2 Å². The van der Waals surface area contributed by atoms with Gasteiger partial charge < -0.3 is 8.98 Å². The van der Waals surface area contributed by atoms with Crippen LogP contribution in [0.25, 0.3) is 128 Å². The molecule has 9 aromatic carbocycles. The van der Waals surface area contributed by atoms with E-state index >= 15 is 0 Å². The van der Waals surface area contributed by atoms with Crippen LogP contribution in [0.2, 0.25) is 0 Å². The predicted molar refractivity (Wildman–Crippen MR) is 261 cm³/mol. The molecular formula is C58H35N5O. The molecule has 13 rings (SSSR count). The molecule has 0 N–H and O–H groups in total. The van der Waals surface area contributed by atoms with Crippen LogP contribution in [0.5, 0.6) is 0 Å². The van der Waals surface area contributed by atoms with Crippen molar-refractivity contribution in [1.29, 1.82) is 0 Å². The Balaban J connectivity index is 1.00. The Hall–Kier alpha value is -8.74. The Morgan fingerprint density at radius 2 is 0.906 bits per heavy atom. The number of pyridine rings is 1. The summed E-state index contributed by atoms with van der Waals surface area (Å²) >= 11 is 0. The number of furan rings is 1. The molecule has 0 aliphatic rings. The lowest BCUT2D eigenvalue weighted by Gasteiger charge is -2.12. The summed E-state index contributed by atoms with van der Waals surface area (Å²) in [5.74, 6) is 1.81. The van der Waals surface area contributed by atoms with Crippen molar-refractivity contribution in [2.24, 2.45) is 0 Å². The average molecular weight is 818 g/mol. The van der Waals surface area contributed by atoms with Crippen LogP contribution in [-0.4, -0.2) is 24.5 Å². The second kappa shape index (κ2) is 14.4. The Morgan fingerprint density at radius 3 is 1.67 bits per heavy atom. The van der Waals surface area contributed by atoms with Gasteiger partial charge in [0.25, 0.3) is 0 Å². The van der Waals surface area contributed by atoms with Crippen molar-refractivity contribution in [2.45, 2.75) is 0 Å². The van der Waals surface area contributed by atoms with Gasteiger partial charge in [-0.05, 0) is 65.5 Å². The van der Waals surface area contributed by atoms with Gasteiger partial charge in [0.1, 0.15) is 11.2 Å². The normalized spacial score (nSPS) is 11.8. The number of hydrogen-bond donors (Lipinski definition) is 0. The molecule has 0 fully saturated rings. The molecule has 6 heteroatoms. The van der Waals surface area contributed by atoms with Crippen LogP contribution in [0.1, 0.15) is 0 Å². The summed E-state index contributed by atoms with van der Waals surface area (Å²) in [7, 11) is 0. The Labute approximate surface area is 367 Å².